The lowest BCUT2D eigenvalue weighted by molar-refractivity contribution is -0.119. The van der Waals surface area contributed by atoms with Crippen LogP contribution in [-0.2, 0) is 11.2 Å². The second kappa shape index (κ2) is 7.51. The average molecular weight is 412 g/mol. The summed E-state index contributed by atoms with van der Waals surface area (Å²) in [4.78, 5) is 25.8. The Morgan fingerprint density at radius 1 is 1.20 bits per heavy atom. The number of nitrogens with one attached hydrogen (secondary N) is 1. The molecule has 3 aliphatic heterocycles. The third-order valence-electron chi connectivity index (χ3n) is 5.56. The lowest BCUT2D eigenvalue weighted by atomic mass is 9.99. The Bertz CT molecular complexity index is 1020. The van der Waals surface area contributed by atoms with E-state index in [2.05, 4.69) is 5.32 Å². The molecule has 1 amide bonds. The zero-order valence-electron chi connectivity index (χ0n) is 16.3. The number of halogens is 1. The summed E-state index contributed by atoms with van der Waals surface area (Å²) >= 11 is 0. The monoisotopic (exact) mass is 412 g/mol. The number of benzene rings is 2. The average Bonchev–Trinajstić information content (AvgIpc) is 3.10. The van der Waals surface area contributed by atoms with Gasteiger partial charge in [0, 0.05) is 37.6 Å². The van der Waals surface area contributed by atoms with Gasteiger partial charge >= 0.3 is 0 Å². The Balaban J connectivity index is 1.18. The minimum Gasteiger partial charge on any atom is -0.493 e. The molecule has 0 unspecified atom stereocenters. The van der Waals surface area contributed by atoms with Gasteiger partial charge in [0.1, 0.15) is 29.7 Å². The summed E-state index contributed by atoms with van der Waals surface area (Å²) in [6.07, 6.45) is 0.923. The fourth-order valence-corrected chi connectivity index (χ4v) is 3.84. The van der Waals surface area contributed by atoms with E-state index in [1.807, 2.05) is 18.2 Å². The smallest absolute Gasteiger partial charge is 0.256 e. The number of fused-ring (bicyclic) bond motifs is 2. The van der Waals surface area contributed by atoms with Crippen molar-refractivity contribution in [1.29, 1.82) is 0 Å². The van der Waals surface area contributed by atoms with E-state index in [1.54, 1.807) is 4.90 Å². The van der Waals surface area contributed by atoms with Crippen molar-refractivity contribution in [3.05, 3.63) is 47.3 Å². The number of nitrogens with zero attached hydrogens (tertiary/aromatic N) is 1. The number of anilines is 1. The third kappa shape index (κ3) is 3.53. The van der Waals surface area contributed by atoms with E-state index in [0.717, 1.165) is 24.0 Å². The number of Topliss-reactive ketones (excluding diaryl/α,β-unsaturated/α-hetero) is 1. The third-order valence-corrected chi connectivity index (χ3v) is 5.56. The minimum absolute atomic E-state index is 0.0330. The van der Waals surface area contributed by atoms with Crippen LogP contribution in [0.5, 0.6) is 17.2 Å². The molecule has 1 fully saturated rings. The molecule has 0 spiro atoms. The maximum absolute atomic E-state index is 14.5. The van der Waals surface area contributed by atoms with Gasteiger partial charge in [-0.2, -0.15) is 0 Å². The minimum atomic E-state index is -0.660. The molecule has 5 rings (SSSR count). The first-order chi connectivity index (χ1) is 14.6. The van der Waals surface area contributed by atoms with Crippen LogP contribution in [0.15, 0.2) is 30.3 Å². The van der Waals surface area contributed by atoms with Gasteiger partial charge in [-0.3, -0.25) is 9.59 Å². The highest BCUT2D eigenvalue weighted by molar-refractivity contribution is 5.97. The summed E-state index contributed by atoms with van der Waals surface area (Å²) < 4.78 is 31.2. The molecular formula is C22H21FN2O5. The lowest BCUT2D eigenvalue weighted by Gasteiger charge is -2.39. The number of ketones is 1. The van der Waals surface area contributed by atoms with Crippen LogP contribution in [0.4, 0.5) is 10.1 Å². The molecule has 1 N–H and O–H groups in total. The highest BCUT2D eigenvalue weighted by Crippen LogP contribution is 2.32. The Morgan fingerprint density at radius 3 is 2.93 bits per heavy atom. The number of hydrogen-bond donors (Lipinski definition) is 1. The van der Waals surface area contributed by atoms with Crippen LogP contribution >= 0.6 is 0 Å². The van der Waals surface area contributed by atoms with Crippen molar-refractivity contribution in [2.75, 3.05) is 44.8 Å². The molecule has 0 saturated carbocycles. The van der Waals surface area contributed by atoms with E-state index in [4.69, 9.17) is 14.2 Å². The van der Waals surface area contributed by atoms with Crippen molar-refractivity contribution in [3.63, 3.8) is 0 Å². The van der Waals surface area contributed by atoms with Crippen LogP contribution in [0.2, 0.25) is 0 Å². The van der Waals surface area contributed by atoms with E-state index < -0.39 is 5.82 Å². The molecule has 0 aliphatic carbocycles. The van der Waals surface area contributed by atoms with Gasteiger partial charge in [0.2, 0.25) is 0 Å². The zero-order chi connectivity index (χ0) is 20.7. The van der Waals surface area contributed by atoms with Crippen LogP contribution in [0.25, 0.3) is 0 Å². The van der Waals surface area contributed by atoms with Crippen molar-refractivity contribution in [3.8, 4) is 17.2 Å². The van der Waals surface area contributed by atoms with E-state index in [0.29, 0.717) is 32.0 Å². The fourth-order valence-electron chi connectivity index (χ4n) is 3.84. The molecule has 3 aliphatic rings. The number of rotatable bonds is 4. The van der Waals surface area contributed by atoms with Gasteiger partial charge in [-0.15, -0.1) is 0 Å². The molecular weight excluding hydrogens is 391 g/mol. The van der Waals surface area contributed by atoms with Crippen molar-refractivity contribution < 1.29 is 28.2 Å². The molecule has 0 aromatic heterocycles. The van der Waals surface area contributed by atoms with Crippen molar-refractivity contribution in [2.45, 2.75) is 6.42 Å². The van der Waals surface area contributed by atoms with Crippen LogP contribution in [-0.4, -0.2) is 56.0 Å². The summed E-state index contributed by atoms with van der Waals surface area (Å²) in [5, 5.41) is 2.90. The summed E-state index contributed by atoms with van der Waals surface area (Å²) in [6.45, 7) is 2.15. The summed E-state index contributed by atoms with van der Waals surface area (Å²) in [6, 6.07) is 8.42. The van der Waals surface area contributed by atoms with Gasteiger partial charge < -0.3 is 24.4 Å². The summed E-state index contributed by atoms with van der Waals surface area (Å²) in [7, 11) is 0. The Labute approximate surface area is 172 Å². The van der Waals surface area contributed by atoms with Gasteiger partial charge in [0.25, 0.3) is 5.91 Å². The van der Waals surface area contributed by atoms with Gasteiger partial charge in [0.15, 0.2) is 5.78 Å². The molecule has 0 bridgehead atoms. The molecule has 0 atom stereocenters. The number of likely N-dealkylation sites (tertiary alicyclic amines) is 1. The van der Waals surface area contributed by atoms with Crippen LogP contribution in [0, 0.1) is 11.7 Å². The standard InChI is InChI=1S/C22H21FN2O5/c23-18-7-21-19(24-8-15(26)12-30-21)6-17(18)22(27)25-9-13(10-25)11-29-16-2-1-14-3-4-28-20(14)5-16/h1-2,5-7,13,24H,3-4,8-12H2. The first-order valence-corrected chi connectivity index (χ1v) is 9.96. The topological polar surface area (TPSA) is 77.1 Å². The Kier molecular flexibility index (Phi) is 4.69. The number of hydrogen-bond acceptors (Lipinski definition) is 6. The molecule has 2 aromatic rings. The highest BCUT2D eigenvalue weighted by atomic mass is 19.1. The number of amides is 1. The van der Waals surface area contributed by atoms with Crippen LogP contribution < -0.4 is 19.5 Å². The molecule has 7 nitrogen and oxygen atoms in total. The molecule has 2 aromatic carbocycles. The molecule has 0 radical (unpaired) electrons. The van der Waals surface area contributed by atoms with E-state index in [-0.39, 0.29) is 42.1 Å². The number of carbonyl (C=O) groups is 2. The SMILES string of the molecule is O=C1CNc2cc(C(=O)N3CC(COc4ccc5c(c4)OCC5)C3)c(F)cc2OC1. The molecule has 1 saturated heterocycles. The second-order valence-corrected chi connectivity index (χ2v) is 7.76. The van der Waals surface area contributed by atoms with Gasteiger partial charge in [-0.05, 0) is 17.7 Å². The van der Waals surface area contributed by atoms with Crippen LogP contribution in [0.3, 0.4) is 0 Å². The van der Waals surface area contributed by atoms with E-state index in [1.165, 1.54) is 11.6 Å². The first kappa shape index (κ1) is 18.7. The number of carbonyl (C=O) groups excluding carboxylic acids is 2. The molecule has 8 heteroatoms. The molecule has 3 heterocycles. The predicted octanol–water partition coefficient (Wildman–Crippen LogP) is 2.29. The van der Waals surface area contributed by atoms with Crippen LogP contribution in [0.1, 0.15) is 15.9 Å². The fraction of sp³-hybridized carbons (Fsp3) is 0.364. The summed E-state index contributed by atoms with van der Waals surface area (Å²) in [5.41, 5.74) is 1.61. The lowest BCUT2D eigenvalue weighted by Crippen LogP contribution is -2.52. The van der Waals surface area contributed by atoms with Crippen molar-refractivity contribution >= 4 is 17.4 Å². The van der Waals surface area contributed by atoms with E-state index >= 15 is 0 Å². The Morgan fingerprint density at radius 2 is 2.07 bits per heavy atom. The second-order valence-electron chi connectivity index (χ2n) is 7.76. The normalized spacial score (nSPS) is 17.6. The van der Waals surface area contributed by atoms with Crippen molar-refractivity contribution in [1.82, 2.24) is 4.90 Å². The van der Waals surface area contributed by atoms with Gasteiger partial charge in [-0.1, -0.05) is 6.07 Å². The Hall–Kier alpha value is -3.29. The summed E-state index contributed by atoms with van der Waals surface area (Å²) in [5.74, 6) is 0.866. The molecule has 156 valence electrons. The highest BCUT2D eigenvalue weighted by Gasteiger charge is 2.33. The van der Waals surface area contributed by atoms with Crippen molar-refractivity contribution in [2.24, 2.45) is 5.92 Å². The zero-order valence-corrected chi connectivity index (χ0v) is 16.3. The maximum atomic E-state index is 14.5. The largest absolute Gasteiger partial charge is 0.493 e. The first-order valence-electron chi connectivity index (χ1n) is 9.96. The van der Waals surface area contributed by atoms with Gasteiger partial charge in [-0.25, -0.2) is 4.39 Å². The maximum Gasteiger partial charge on any atom is 0.256 e. The predicted molar refractivity (Wildman–Crippen MR) is 106 cm³/mol. The molecule has 30 heavy (non-hydrogen) atoms. The van der Waals surface area contributed by atoms with Gasteiger partial charge in [0.05, 0.1) is 31.0 Å². The quantitative estimate of drug-likeness (QED) is 0.831. The number of ether oxygens (including phenoxy) is 3. The van der Waals surface area contributed by atoms with E-state index in [9.17, 15) is 14.0 Å².